The fourth-order valence-electron chi connectivity index (χ4n) is 8.31. The van der Waals surface area contributed by atoms with Crippen molar-refractivity contribution in [2.75, 3.05) is 33.7 Å². The number of carbonyl (C=O) groups excluding carboxylic acids is 2. The number of rotatable bonds is 6. The van der Waals surface area contributed by atoms with Gasteiger partial charge in [0.05, 0.1) is 19.3 Å². The largest absolute Gasteiger partial charge is 0.461 e. The summed E-state index contributed by atoms with van der Waals surface area (Å²) in [6.45, 7) is 9.01. The Morgan fingerprint density at radius 3 is 2.51 bits per heavy atom. The van der Waals surface area contributed by atoms with E-state index in [9.17, 15) is 9.59 Å². The second kappa shape index (κ2) is 13.9. The van der Waals surface area contributed by atoms with Crippen molar-refractivity contribution in [2.45, 2.75) is 83.2 Å². The van der Waals surface area contributed by atoms with E-state index in [1.54, 1.807) is 5.57 Å². The highest BCUT2D eigenvalue weighted by Crippen LogP contribution is 2.63. The molecule has 2 saturated carbocycles. The maximum absolute atomic E-state index is 12.3. The number of thioether (sulfide) groups is 1. The van der Waals surface area contributed by atoms with E-state index in [4.69, 9.17) is 9.47 Å². The molecule has 5 nitrogen and oxygen atoms in total. The molecular formula is C35H50O5S. The number of benzene rings is 1. The highest BCUT2D eigenvalue weighted by Gasteiger charge is 2.59. The van der Waals surface area contributed by atoms with Crippen LogP contribution in [0.3, 0.4) is 0 Å². The van der Waals surface area contributed by atoms with Gasteiger partial charge in [0.2, 0.25) is 0 Å². The van der Waals surface area contributed by atoms with Crippen molar-refractivity contribution in [1.82, 2.24) is 0 Å². The van der Waals surface area contributed by atoms with E-state index < -0.39 is 0 Å². The maximum Gasteiger partial charge on any atom is 0.367 e. The molecule has 226 valence electrons. The van der Waals surface area contributed by atoms with Crippen LogP contribution in [0.1, 0.15) is 90.1 Å². The summed E-state index contributed by atoms with van der Waals surface area (Å²) >= 11 is 1.17. The smallest absolute Gasteiger partial charge is 0.367 e. The number of fused-ring (bicyclic) bond motifs is 5. The van der Waals surface area contributed by atoms with Crippen LogP contribution in [0.5, 0.6) is 0 Å². The summed E-state index contributed by atoms with van der Waals surface area (Å²) in [6.07, 6.45) is 13.4. The van der Waals surface area contributed by atoms with E-state index in [1.165, 1.54) is 54.8 Å². The summed E-state index contributed by atoms with van der Waals surface area (Å²) in [4.78, 5) is 22.5. The second-order valence-electron chi connectivity index (χ2n) is 12.2. The van der Waals surface area contributed by atoms with Crippen LogP contribution in [0.25, 0.3) is 6.08 Å². The van der Waals surface area contributed by atoms with Gasteiger partial charge in [0.15, 0.2) is 5.78 Å². The van der Waals surface area contributed by atoms with E-state index >= 15 is 0 Å². The van der Waals surface area contributed by atoms with E-state index in [1.807, 2.05) is 33.3 Å². The summed E-state index contributed by atoms with van der Waals surface area (Å²) in [5.74, 6) is 2.65. The predicted octanol–water partition coefficient (Wildman–Crippen LogP) is 8.79. The average Bonchev–Trinajstić information content (AvgIpc) is 3.24. The molecule has 2 fully saturated rings. The topological polar surface area (TPSA) is 61.8 Å². The van der Waals surface area contributed by atoms with E-state index in [-0.39, 0.29) is 17.7 Å². The fourth-order valence-corrected chi connectivity index (χ4v) is 8.67. The Kier molecular flexibility index (Phi) is 10.8. The molecular weight excluding hydrogens is 532 g/mol. The van der Waals surface area contributed by atoms with Gasteiger partial charge in [0.1, 0.15) is 0 Å². The Labute approximate surface area is 252 Å². The molecule has 4 aliphatic carbocycles. The minimum Gasteiger partial charge on any atom is -0.461 e. The zero-order valence-electron chi connectivity index (χ0n) is 25.6. The lowest BCUT2D eigenvalue weighted by Gasteiger charge is -2.57. The lowest BCUT2D eigenvalue weighted by molar-refractivity contribution is -0.196. The molecule has 5 atom stereocenters. The molecule has 0 radical (unpaired) electrons. The number of ether oxygens (including phenoxy) is 3. The molecule has 1 unspecified atom stereocenters. The minimum atomic E-state index is -0.261. The molecule has 41 heavy (non-hydrogen) atoms. The van der Waals surface area contributed by atoms with Gasteiger partial charge in [-0.2, -0.15) is 0 Å². The molecule has 1 aromatic carbocycles. The third-order valence-corrected chi connectivity index (χ3v) is 11.0. The van der Waals surface area contributed by atoms with Gasteiger partial charge in [-0.15, -0.1) is 0 Å². The van der Waals surface area contributed by atoms with Gasteiger partial charge >= 0.3 is 5.30 Å². The van der Waals surface area contributed by atoms with Crippen molar-refractivity contribution in [3.05, 3.63) is 64.8 Å². The van der Waals surface area contributed by atoms with Crippen molar-refractivity contribution < 1.29 is 25.2 Å². The van der Waals surface area contributed by atoms with Crippen LogP contribution in [0.2, 0.25) is 0 Å². The molecule has 1 aromatic rings. The van der Waals surface area contributed by atoms with Gasteiger partial charge in [-0.3, -0.25) is 4.79 Å². The highest BCUT2D eigenvalue weighted by atomic mass is 32.2. The molecule has 2 bridgehead atoms. The van der Waals surface area contributed by atoms with Crippen LogP contribution in [0.15, 0.2) is 53.6 Å². The number of ketones is 1. The second-order valence-corrected chi connectivity index (χ2v) is 13.4. The lowest BCUT2D eigenvalue weighted by Crippen LogP contribution is -2.58. The average molecular weight is 583 g/mol. The van der Waals surface area contributed by atoms with Crippen molar-refractivity contribution in [3.8, 4) is 0 Å². The molecule has 0 heterocycles. The molecule has 4 aliphatic rings. The minimum absolute atomic E-state index is 0. The van der Waals surface area contributed by atoms with Gasteiger partial charge < -0.3 is 14.2 Å². The van der Waals surface area contributed by atoms with Gasteiger partial charge in [-0.25, -0.2) is 4.79 Å². The van der Waals surface area contributed by atoms with E-state index in [0.717, 1.165) is 43.4 Å². The first-order valence-corrected chi connectivity index (χ1v) is 16.2. The van der Waals surface area contributed by atoms with Crippen molar-refractivity contribution in [2.24, 2.45) is 17.3 Å². The summed E-state index contributed by atoms with van der Waals surface area (Å²) in [5, 5.41) is -0.206. The molecule has 0 spiro atoms. The first kappa shape index (κ1) is 31.8. The van der Waals surface area contributed by atoms with Crippen molar-refractivity contribution >= 4 is 28.9 Å². The Morgan fingerprint density at radius 1 is 1.15 bits per heavy atom. The van der Waals surface area contributed by atoms with Gasteiger partial charge in [0.25, 0.3) is 0 Å². The summed E-state index contributed by atoms with van der Waals surface area (Å²) in [6, 6.07) is 9.02. The van der Waals surface area contributed by atoms with Crippen LogP contribution in [0.4, 0.5) is 4.79 Å². The Hall–Kier alpha value is -2.15. The quantitative estimate of drug-likeness (QED) is 0.312. The van der Waals surface area contributed by atoms with Crippen molar-refractivity contribution in [1.29, 1.82) is 0 Å². The molecule has 0 aliphatic heterocycles. The van der Waals surface area contributed by atoms with Crippen LogP contribution in [-0.4, -0.2) is 50.4 Å². The van der Waals surface area contributed by atoms with Crippen LogP contribution in [-0.2, 0) is 19.0 Å². The number of hydrogen-bond donors (Lipinski definition) is 0. The molecule has 0 amide bonds. The van der Waals surface area contributed by atoms with Gasteiger partial charge in [0, 0.05) is 39.2 Å². The number of carbonyl (C=O) groups is 2. The zero-order valence-corrected chi connectivity index (χ0v) is 26.4. The Balaban J connectivity index is 0.000000541. The third kappa shape index (κ3) is 6.45. The summed E-state index contributed by atoms with van der Waals surface area (Å²) in [5.41, 5.74) is 6.74. The fraction of sp³-hybridized carbons (Fsp3) is 0.600. The summed E-state index contributed by atoms with van der Waals surface area (Å²) < 4.78 is 16.6. The zero-order chi connectivity index (χ0) is 29.6. The molecule has 0 N–H and O–H groups in total. The molecule has 6 heteroatoms. The number of allylic oxidation sites excluding steroid dienone is 4. The predicted molar refractivity (Wildman–Crippen MR) is 170 cm³/mol. The van der Waals surface area contributed by atoms with Crippen molar-refractivity contribution in [3.63, 3.8) is 0 Å². The number of hydrogen-bond acceptors (Lipinski definition) is 6. The van der Waals surface area contributed by atoms with Crippen LogP contribution < -0.4 is 0 Å². The monoisotopic (exact) mass is 582 g/mol. The standard InChI is InChI=1S/C31H40O3.C4H8O2S.H2/c1-5-21-8-10-22(11-9-21)28-19-30(2)29(7-6-16-31(30,34-4)20-33-3)24-13-12-23-17-25(32)14-15-26(23)27(28)18-24;1-3-7-4(5)6-2;/h5,8-11,17,24,28-29H,1,6-7,12-16,18-20H2,2-4H3;3H2,1-2H3;1H/t24?,28-,29+,30+,31-;;/m1../s1. The molecule has 0 saturated heterocycles. The summed E-state index contributed by atoms with van der Waals surface area (Å²) in [7, 11) is 5.10. The van der Waals surface area contributed by atoms with E-state index in [2.05, 4.69) is 42.5 Å². The van der Waals surface area contributed by atoms with Crippen LogP contribution >= 0.6 is 11.8 Å². The van der Waals surface area contributed by atoms with Gasteiger partial charge in [-0.1, -0.05) is 62.8 Å². The number of methoxy groups -OCH3 is 3. The Morgan fingerprint density at radius 2 is 1.90 bits per heavy atom. The first-order valence-electron chi connectivity index (χ1n) is 15.2. The highest BCUT2D eigenvalue weighted by molar-refractivity contribution is 8.13. The Bertz CT molecular complexity index is 1170. The normalized spacial score (nSPS) is 30.9. The maximum atomic E-state index is 12.3. The van der Waals surface area contributed by atoms with Crippen LogP contribution in [0, 0.1) is 17.3 Å². The van der Waals surface area contributed by atoms with E-state index in [0.29, 0.717) is 36.6 Å². The van der Waals surface area contributed by atoms with Gasteiger partial charge in [-0.05, 0) is 96.9 Å². The first-order chi connectivity index (χ1) is 19.8. The lowest BCUT2D eigenvalue weighted by atomic mass is 9.53. The molecule has 0 aromatic heterocycles. The molecule has 5 rings (SSSR count). The SMILES string of the molecule is C=Cc1ccc([C@H]2C[C@@]3(C)[C@@H](CCC[C@]3(COC)OC)C3CCC4=CC(=O)CCC4=C2C3)cc1.CCSC(=O)OC.[HH]. The third-order valence-electron chi connectivity index (χ3n) is 10.3.